The Balaban J connectivity index is 1.71. The van der Waals surface area contributed by atoms with Crippen molar-refractivity contribution in [3.05, 3.63) is 59.3 Å². The van der Waals surface area contributed by atoms with Crippen molar-refractivity contribution >= 4 is 11.7 Å². The SMILES string of the molecule is Cc1ccccc1CN(C)C(=O)c1ccnc(NC2CC2)c1. The van der Waals surface area contributed by atoms with Gasteiger partial charge in [-0.05, 0) is 43.0 Å². The molecular formula is C18H21N3O. The molecule has 4 heteroatoms. The van der Waals surface area contributed by atoms with E-state index in [2.05, 4.69) is 29.4 Å². The molecule has 114 valence electrons. The summed E-state index contributed by atoms with van der Waals surface area (Å²) in [5.74, 6) is 0.808. The van der Waals surface area contributed by atoms with Crippen LogP contribution in [0.1, 0.15) is 34.3 Å². The van der Waals surface area contributed by atoms with Gasteiger partial charge in [0.15, 0.2) is 0 Å². The van der Waals surface area contributed by atoms with Crippen molar-refractivity contribution < 1.29 is 4.79 Å². The fourth-order valence-electron chi connectivity index (χ4n) is 2.41. The van der Waals surface area contributed by atoms with Gasteiger partial charge in [0, 0.05) is 31.4 Å². The van der Waals surface area contributed by atoms with E-state index in [1.807, 2.05) is 25.2 Å². The molecule has 1 aromatic heterocycles. The Morgan fingerprint density at radius 3 is 2.82 bits per heavy atom. The maximum atomic E-state index is 12.6. The van der Waals surface area contributed by atoms with Crippen molar-refractivity contribution in [2.24, 2.45) is 0 Å². The van der Waals surface area contributed by atoms with Crippen LogP contribution in [0.15, 0.2) is 42.6 Å². The zero-order chi connectivity index (χ0) is 15.5. The van der Waals surface area contributed by atoms with Crippen LogP contribution in [-0.4, -0.2) is 28.9 Å². The second-order valence-corrected chi connectivity index (χ2v) is 5.94. The number of hydrogen-bond donors (Lipinski definition) is 1. The number of nitrogens with one attached hydrogen (secondary N) is 1. The number of nitrogens with zero attached hydrogens (tertiary/aromatic N) is 2. The topological polar surface area (TPSA) is 45.2 Å². The van der Waals surface area contributed by atoms with Gasteiger partial charge in [-0.15, -0.1) is 0 Å². The molecule has 0 radical (unpaired) electrons. The lowest BCUT2D eigenvalue weighted by atomic mass is 10.1. The molecule has 1 amide bonds. The maximum Gasteiger partial charge on any atom is 0.254 e. The van der Waals surface area contributed by atoms with Crippen LogP contribution in [0.25, 0.3) is 0 Å². The Morgan fingerprint density at radius 1 is 1.32 bits per heavy atom. The van der Waals surface area contributed by atoms with Crippen molar-refractivity contribution in [1.29, 1.82) is 0 Å². The molecule has 1 aliphatic carbocycles. The quantitative estimate of drug-likeness (QED) is 0.921. The largest absolute Gasteiger partial charge is 0.367 e. The minimum absolute atomic E-state index is 0.0181. The Hall–Kier alpha value is -2.36. The number of carbonyl (C=O) groups excluding carboxylic acids is 1. The van der Waals surface area contributed by atoms with Gasteiger partial charge in [-0.25, -0.2) is 4.98 Å². The fraction of sp³-hybridized carbons (Fsp3) is 0.333. The average molecular weight is 295 g/mol. The van der Waals surface area contributed by atoms with E-state index in [0.29, 0.717) is 18.2 Å². The van der Waals surface area contributed by atoms with Crippen LogP contribution < -0.4 is 5.32 Å². The molecule has 1 fully saturated rings. The highest BCUT2D eigenvalue weighted by molar-refractivity contribution is 5.94. The third-order valence-electron chi connectivity index (χ3n) is 3.95. The third kappa shape index (κ3) is 3.45. The second kappa shape index (κ2) is 6.18. The van der Waals surface area contributed by atoms with Gasteiger partial charge in [-0.2, -0.15) is 0 Å². The summed E-state index contributed by atoms with van der Waals surface area (Å²) in [4.78, 5) is 18.6. The van der Waals surface area contributed by atoms with Gasteiger partial charge < -0.3 is 10.2 Å². The van der Waals surface area contributed by atoms with Gasteiger partial charge in [0.25, 0.3) is 5.91 Å². The zero-order valence-electron chi connectivity index (χ0n) is 13.0. The first-order valence-electron chi connectivity index (χ1n) is 7.66. The molecule has 0 saturated heterocycles. The maximum absolute atomic E-state index is 12.6. The monoisotopic (exact) mass is 295 g/mol. The molecule has 1 heterocycles. The van der Waals surface area contributed by atoms with Crippen LogP contribution in [0.5, 0.6) is 0 Å². The standard InChI is InChI=1S/C18H21N3O/c1-13-5-3-4-6-15(13)12-21(2)18(22)14-9-10-19-17(11-14)20-16-7-8-16/h3-6,9-11,16H,7-8,12H2,1-2H3,(H,19,20). The highest BCUT2D eigenvalue weighted by Crippen LogP contribution is 2.24. The minimum Gasteiger partial charge on any atom is -0.367 e. The van der Waals surface area contributed by atoms with Gasteiger partial charge in [0.1, 0.15) is 5.82 Å². The van der Waals surface area contributed by atoms with Crippen molar-refractivity contribution in [1.82, 2.24) is 9.88 Å². The van der Waals surface area contributed by atoms with Gasteiger partial charge in [0.2, 0.25) is 0 Å². The first-order chi connectivity index (χ1) is 10.6. The van der Waals surface area contributed by atoms with Crippen LogP contribution in [-0.2, 0) is 6.54 Å². The van der Waals surface area contributed by atoms with E-state index in [1.165, 1.54) is 24.0 Å². The van der Waals surface area contributed by atoms with Gasteiger partial charge in [0.05, 0.1) is 0 Å². The van der Waals surface area contributed by atoms with E-state index in [0.717, 1.165) is 5.82 Å². The van der Waals surface area contributed by atoms with Crippen molar-refractivity contribution in [2.45, 2.75) is 32.4 Å². The van der Waals surface area contributed by atoms with Crippen molar-refractivity contribution in [3.8, 4) is 0 Å². The molecule has 0 bridgehead atoms. The molecule has 1 N–H and O–H groups in total. The molecule has 1 aromatic carbocycles. The highest BCUT2D eigenvalue weighted by atomic mass is 16.2. The summed E-state index contributed by atoms with van der Waals surface area (Å²) in [7, 11) is 1.84. The first kappa shape index (κ1) is 14.6. The summed E-state index contributed by atoms with van der Waals surface area (Å²) in [6.45, 7) is 2.68. The predicted octanol–water partition coefficient (Wildman–Crippen LogP) is 3.24. The van der Waals surface area contributed by atoms with E-state index in [4.69, 9.17) is 0 Å². The zero-order valence-corrected chi connectivity index (χ0v) is 13.0. The number of aryl methyl sites for hydroxylation is 1. The summed E-state index contributed by atoms with van der Waals surface area (Å²) in [5, 5.41) is 3.33. The normalized spacial score (nSPS) is 13.7. The third-order valence-corrected chi connectivity index (χ3v) is 3.95. The Labute approximate surface area is 131 Å². The Bertz CT molecular complexity index is 680. The molecule has 2 aromatic rings. The second-order valence-electron chi connectivity index (χ2n) is 5.94. The number of hydrogen-bond acceptors (Lipinski definition) is 3. The molecular weight excluding hydrogens is 274 g/mol. The lowest BCUT2D eigenvalue weighted by molar-refractivity contribution is 0.0785. The average Bonchev–Trinajstić information content (AvgIpc) is 3.33. The summed E-state index contributed by atoms with van der Waals surface area (Å²) < 4.78 is 0. The van der Waals surface area contributed by atoms with Crippen LogP contribution in [0.2, 0.25) is 0 Å². The highest BCUT2D eigenvalue weighted by Gasteiger charge is 2.22. The van der Waals surface area contributed by atoms with Crippen LogP contribution in [0, 0.1) is 6.92 Å². The van der Waals surface area contributed by atoms with E-state index in [9.17, 15) is 4.79 Å². The van der Waals surface area contributed by atoms with E-state index in [1.54, 1.807) is 17.2 Å². The number of aromatic nitrogens is 1. The van der Waals surface area contributed by atoms with Crippen LogP contribution in [0.3, 0.4) is 0 Å². The molecule has 22 heavy (non-hydrogen) atoms. The first-order valence-corrected chi connectivity index (χ1v) is 7.66. The molecule has 0 aliphatic heterocycles. The lowest BCUT2D eigenvalue weighted by Crippen LogP contribution is -2.26. The smallest absolute Gasteiger partial charge is 0.254 e. The lowest BCUT2D eigenvalue weighted by Gasteiger charge is -2.19. The minimum atomic E-state index is 0.0181. The van der Waals surface area contributed by atoms with Crippen LogP contribution >= 0.6 is 0 Å². The molecule has 1 saturated carbocycles. The number of anilines is 1. The molecule has 0 atom stereocenters. The summed E-state index contributed by atoms with van der Waals surface area (Å²) >= 11 is 0. The fourth-order valence-corrected chi connectivity index (χ4v) is 2.41. The van der Waals surface area contributed by atoms with E-state index < -0.39 is 0 Å². The molecule has 4 nitrogen and oxygen atoms in total. The van der Waals surface area contributed by atoms with E-state index >= 15 is 0 Å². The summed E-state index contributed by atoms with van der Waals surface area (Å²) in [5.41, 5.74) is 3.05. The van der Waals surface area contributed by atoms with E-state index in [-0.39, 0.29) is 5.91 Å². The molecule has 0 spiro atoms. The number of carbonyl (C=O) groups is 1. The van der Waals surface area contributed by atoms with Gasteiger partial charge >= 0.3 is 0 Å². The van der Waals surface area contributed by atoms with Crippen molar-refractivity contribution in [3.63, 3.8) is 0 Å². The van der Waals surface area contributed by atoms with Crippen LogP contribution in [0.4, 0.5) is 5.82 Å². The number of amides is 1. The number of pyridine rings is 1. The van der Waals surface area contributed by atoms with Crippen molar-refractivity contribution in [2.75, 3.05) is 12.4 Å². The summed E-state index contributed by atoms with van der Waals surface area (Å²) in [6.07, 6.45) is 4.07. The van der Waals surface area contributed by atoms with Gasteiger partial charge in [-0.3, -0.25) is 4.79 Å². The Morgan fingerprint density at radius 2 is 2.09 bits per heavy atom. The molecule has 0 unspecified atom stereocenters. The Kier molecular flexibility index (Phi) is 4.09. The molecule has 3 rings (SSSR count). The molecule has 1 aliphatic rings. The van der Waals surface area contributed by atoms with Gasteiger partial charge in [-0.1, -0.05) is 24.3 Å². The number of benzene rings is 1. The number of rotatable bonds is 5. The summed E-state index contributed by atoms with van der Waals surface area (Å²) in [6, 6.07) is 12.3. The predicted molar refractivity (Wildman–Crippen MR) is 87.9 cm³/mol.